The summed E-state index contributed by atoms with van der Waals surface area (Å²) < 4.78 is 0. The zero-order valence-electron chi connectivity index (χ0n) is 12.9. The highest BCUT2D eigenvalue weighted by atomic mass is 16.4. The standard InChI is InChI=1S/C16H24N2O3/c1-11(2)16(3,15(20)21)10-14(19)18-9-5-7-13(18)12-6-4-8-17-12/h4,6,8,11,13,17H,5,7,9-10H2,1-3H3,(H,20,21). The molecular weight excluding hydrogens is 268 g/mol. The molecule has 5 nitrogen and oxygen atoms in total. The number of likely N-dealkylation sites (tertiary alicyclic amines) is 1. The molecule has 1 aliphatic rings. The number of aliphatic carboxylic acids is 1. The summed E-state index contributed by atoms with van der Waals surface area (Å²) in [5.41, 5.74) is 0.0161. The molecule has 5 heteroatoms. The van der Waals surface area contributed by atoms with E-state index in [0.717, 1.165) is 18.5 Å². The number of aromatic amines is 1. The Hall–Kier alpha value is -1.78. The molecular formula is C16H24N2O3. The van der Waals surface area contributed by atoms with E-state index in [1.807, 2.05) is 37.1 Å². The summed E-state index contributed by atoms with van der Waals surface area (Å²) in [5, 5.41) is 9.47. The number of nitrogens with one attached hydrogen (secondary N) is 1. The fourth-order valence-electron chi connectivity index (χ4n) is 2.88. The van der Waals surface area contributed by atoms with E-state index in [0.29, 0.717) is 6.54 Å². The second-order valence-electron chi connectivity index (χ2n) is 6.42. The molecule has 1 saturated heterocycles. The highest BCUT2D eigenvalue weighted by molar-refractivity contribution is 5.85. The zero-order chi connectivity index (χ0) is 15.6. The third-order valence-corrected chi connectivity index (χ3v) is 4.84. The number of aromatic nitrogens is 1. The highest BCUT2D eigenvalue weighted by Crippen LogP contribution is 2.36. The molecule has 1 aliphatic heterocycles. The molecule has 0 spiro atoms. The van der Waals surface area contributed by atoms with Crippen molar-refractivity contribution < 1.29 is 14.7 Å². The lowest BCUT2D eigenvalue weighted by Gasteiger charge is -2.32. The Morgan fingerprint density at radius 1 is 1.52 bits per heavy atom. The van der Waals surface area contributed by atoms with Crippen molar-refractivity contribution in [1.29, 1.82) is 0 Å². The number of H-pyrrole nitrogens is 1. The summed E-state index contributed by atoms with van der Waals surface area (Å²) in [7, 11) is 0. The molecule has 1 amide bonds. The van der Waals surface area contributed by atoms with Crippen LogP contribution in [0, 0.1) is 11.3 Å². The molecule has 1 aromatic heterocycles. The first kappa shape index (κ1) is 15.6. The minimum absolute atomic E-state index is 0.0528. The van der Waals surface area contributed by atoms with Crippen LogP contribution in [0.15, 0.2) is 18.3 Å². The number of hydrogen-bond acceptors (Lipinski definition) is 2. The molecule has 1 aromatic rings. The van der Waals surface area contributed by atoms with Crippen molar-refractivity contribution in [1.82, 2.24) is 9.88 Å². The van der Waals surface area contributed by atoms with Gasteiger partial charge in [-0.25, -0.2) is 0 Å². The first-order valence-corrected chi connectivity index (χ1v) is 7.52. The summed E-state index contributed by atoms with van der Waals surface area (Å²) in [6.45, 7) is 6.08. The number of amides is 1. The van der Waals surface area contributed by atoms with Crippen molar-refractivity contribution in [3.8, 4) is 0 Å². The SMILES string of the molecule is CC(C)C(C)(CC(=O)N1CCCC1c1ccc[nH]1)C(=O)O. The van der Waals surface area contributed by atoms with Gasteiger partial charge in [-0.3, -0.25) is 9.59 Å². The lowest BCUT2D eigenvalue weighted by molar-refractivity contribution is -0.155. The van der Waals surface area contributed by atoms with Gasteiger partial charge in [0.15, 0.2) is 0 Å². The Morgan fingerprint density at radius 3 is 2.76 bits per heavy atom. The fraction of sp³-hybridized carbons (Fsp3) is 0.625. The number of nitrogens with zero attached hydrogens (tertiary/aromatic N) is 1. The van der Waals surface area contributed by atoms with Crippen LogP contribution in [0.2, 0.25) is 0 Å². The van der Waals surface area contributed by atoms with Gasteiger partial charge in [0.1, 0.15) is 0 Å². The first-order valence-electron chi connectivity index (χ1n) is 7.52. The number of rotatable bonds is 5. The van der Waals surface area contributed by atoms with Crippen LogP contribution in [0.3, 0.4) is 0 Å². The van der Waals surface area contributed by atoms with Crippen LogP contribution in [0.4, 0.5) is 0 Å². The monoisotopic (exact) mass is 292 g/mol. The predicted molar refractivity (Wildman–Crippen MR) is 79.7 cm³/mol. The van der Waals surface area contributed by atoms with Crippen molar-refractivity contribution in [2.24, 2.45) is 11.3 Å². The molecule has 2 heterocycles. The minimum atomic E-state index is -1.01. The normalized spacial score (nSPS) is 21.5. The third kappa shape index (κ3) is 2.96. The van der Waals surface area contributed by atoms with Crippen LogP contribution in [0.25, 0.3) is 0 Å². The lowest BCUT2D eigenvalue weighted by Crippen LogP contribution is -2.41. The van der Waals surface area contributed by atoms with E-state index in [4.69, 9.17) is 0 Å². The van der Waals surface area contributed by atoms with Gasteiger partial charge in [0.05, 0.1) is 11.5 Å². The lowest BCUT2D eigenvalue weighted by atomic mass is 9.76. The van der Waals surface area contributed by atoms with Gasteiger partial charge >= 0.3 is 5.97 Å². The van der Waals surface area contributed by atoms with Gasteiger partial charge in [-0.05, 0) is 37.8 Å². The zero-order valence-corrected chi connectivity index (χ0v) is 12.9. The maximum Gasteiger partial charge on any atom is 0.310 e. The Bertz CT molecular complexity index is 510. The number of carboxylic acids is 1. The van der Waals surface area contributed by atoms with E-state index >= 15 is 0 Å². The number of carboxylic acid groups (broad SMARTS) is 1. The van der Waals surface area contributed by atoms with E-state index < -0.39 is 11.4 Å². The topological polar surface area (TPSA) is 73.4 Å². The smallest absolute Gasteiger partial charge is 0.310 e. The average Bonchev–Trinajstić information content (AvgIpc) is 3.08. The number of carbonyl (C=O) groups excluding carboxylic acids is 1. The van der Waals surface area contributed by atoms with Crippen LogP contribution in [-0.4, -0.2) is 33.4 Å². The van der Waals surface area contributed by atoms with Crippen molar-refractivity contribution in [2.75, 3.05) is 6.54 Å². The molecule has 0 aliphatic carbocycles. The summed E-state index contributed by atoms with van der Waals surface area (Å²) >= 11 is 0. The Labute approximate surface area is 125 Å². The molecule has 2 N–H and O–H groups in total. The quantitative estimate of drug-likeness (QED) is 0.876. The first-order chi connectivity index (χ1) is 9.86. The number of carbonyl (C=O) groups is 2. The molecule has 2 atom stereocenters. The van der Waals surface area contributed by atoms with Crippen LogP contribution < -0.4 is 0 Å². The Morgan fingerprint density at radius 2 is 2.24 bits per heavy atom. The summed E-state index contributed by atoms with van der Waals surface area (Å²) in [5.74, 6) is -1.06. The van der Waals surface area contributed by atoms with Crippen LogP contribution >= 0.6 is 0 Å². The third-order valence-electron chi connectivity index (χ3n) is 4.84. The van der Waals surface area contributed by atoms with Gasteiger partial charge in [-0.15, -0.1) is 0 Å². The molecule has 2 unspecified atom stereocenters. The number of hydrogen-bond donors (Lipinski definition) is 2. The molecule has 21 heavy (non-hydrogen) atoms. The molecule has 0 radical (unpaired) electrons. The van der Waals surface area contributed by atoms with E-state index in [9.17, 15) is 14.7 Å². The van der Waals surface area contributed by atoms with Gasteiger partial charge in [-0.1, -0.05) is 13.8 Å². The predicted octanol–water partition coefficient (Wildman–Crippen LogP) is 2.82. The second kappa shape index (κ2) is 5.92. The van der Waals surface area contributed by atoms with Crippen LogP contribution in [0.1, 0.15) is 51.8 Å². The van der Waals surface area contributed by atoms with Gasteiger partial charge in [0.25, 0.3) is 0 Å². The largest absolute Gasteiger partial charge is 0.481 e. The van der Waals surface area contributed by atoms with Crippen molar-refractivity contribution in [3.63, 3.8) is 0 Å². The highest BCUT2D eigenvalue weighted by Gasteiger charge is 2.41. The van der Waals surface area contributed by atoms with Crippen LogP contribution in [0.5, 0.6) is 0 Å². The van der Waals surface area contributed by atoms with E-state index in [-0.39, 0.29) is 24.3 Å². The van der Waals surface area contributed by atoms with Gasteiger partial charge in [0, 0.05) is 24.9 Å². The Balaban J connectivity index is 2.14. The van der Waals surface area contributed by atoms with Gasteiger partial charge in [-0.2, -0.15) is 0 Å². The van der Waals surface area contributed by atoms with E-state index in [1.165, 1.54) is 0 Å². The maximum atomic E-state index is 12.6. The van der Waals surface area contributed by atoms with Crippen LogP contribution in [-0.2, 0) is 9.59 Å². The fourth-order valence-corrected chi connectivity index (χ4v) is 2.88. The molecule has 116 valence electrons. The summed E-state index contributed by atoms with van der Waals surface area (Å²) in [6.07, 6.45) is 3.79. The van der Waals surface area contributed by atoms with Crippen molar-refractivity contribution in [3.05, 3.63) is 24.0 Å². The molecule has 0 bridgehead atoms. The van der Waals surface area contributed by atoms with Crippen molar-refractivity contribution in [2.45, 2.75) is 46.1 Å². The summed E-state index contributed by atoms with van der Waals surface area (Å²) in [4.78, 5) is 29.2. The van der Waals surface area contributed by atoms with Gasteiger partial charge < -0.3 is 15.0 Å². The molecule has 0 aromatic carbocycles. The molecule has 0 saturated carbocycles. The minimum Gasteiger partial charge on any atom is -0.481 e. The van der Waals surface area contributed by atoms with E-state index in [1.54, 1.807) is 6.92 Å². The molecule has 1 fully saturated rings. The molecule has 2 rings (SSSR count). The van der Waals surface area contributed by atoms with Gasteiger partial charge in [0.2, 0.25) is 5.91 Å². The maximum absolute atomic E-state index is 12.6. The van der Waals surface area contributed by atoms with E-state index in [2.05, 4.69) is 4.98 Å². The average molecular weight is 292 g/mol. The second-order valence-corrected chi connectivity index (χ2v) is 6.42. The summed E-state index contributed by atoms with van der Waals surface area (Å²) in [6, 6.07) is 3.96. The Kier molecular flexibility index (Phi) is 4.40. The van der Waals surface area contributed by atoms with Crippen molar-refractivity contribution >= 4 is 11.9 Å².